The summed E-state index contributed by atoms with van der Waals surface area (Å²) in [6.07, 6.45) is 1.07. The largest absolute Gasteiger partial charge is 0.481 e. The van der Waals surface area contributed by atoms with Crippen LogP contribution < -0.4 is 11.0 Å². The van der Waals surface area contributed by atoms with Gasteiger partial charge in [0, 0.05) is 18.8 Å². The van der Waals surface area contributed by atoms with Crippen LogP contribution in [0.5, 0.6) is 0 Å². The number of aliphatic carboxylic acids is 1. The zero-order valence-corrected chi connectivity index (χ0v) is 18.7. The Hall–Kier alpha value is -2.36. The molecule has 0 aliphatic carbocycles. The number of aromatic nitrogens is 2. The van der Waals surface area contributed by atoms with Crippen molar-refractivity contribution in [2.75, 3.05) is 13.1 Å². The number of H-pyrrole nitrogens is 1. The highest BCUT2D eigenvalue weighted by Gasteiger charge is 2.25. The summed E-state index contributed by atoms with van der Waals surface area (Å²) < 4.78 is 1.38. The molecule has 1 aromatic carbocycles. The number of rotatable bonds is 4. The molecule has 1 aromatic heterocycles. The third-order valence-electron chi connectivity index (χ3n) is 5.05. The van der Waals surface area contributed by atoms with Crippen LogP contribution in [0.1, 0.15) is 31.0 Å². The first-order valence-corrected chi connectivity index (χ1v) is 10.4. The maximum Gasteiger partial charge on any atom is 0.306 e. The predicted octanol–water partition coefficient (Wildman–Crippen LogP) is 3.18. The number of thiocarbonyl (C=S) groups is 1. The summed E-state index contributed by atoms with van der Waals surface area (Å²) in [5.74, 6) is -1.11. The van der Waals surface area contributed by atoms with Crippen LogP contribution in [0.2, 0.25) is 10.0 Å². The molecule has 0 unspecified atom stereocenters. The van der Waals surface area contributed by atoms with Gasteiger partial charge in [-0.15, -0.1) is 0 Å². The highest BCUT2D eigenvalue weighted by Crippen LogP contribution is 2.24. The average Bonchev–Trinajstić information content (AvgIpc) is 3.02. The molecule has 1 aliphatic rings. The molecule has 1 aliphatic heterocycles. The number of hydrogen-bond donors (Lipinski definition) is 3. The molecule has 0 spiro atoms. The summed E-state index contributed by atoms with van der Waals surface area (Å²) in [6, 6.07) is 4.91. The number of carboxylic acid groups (broad SMARTS) is 1. The van der Waals surface area contributed by atoms with Crippen LogP contribution in [0.15, 0.2) is 28.1 Å². The van der Waals surface area contributed by atoms with Crippen molar-refractivity contribution >= 4 is 52.2 Å². The number of aromatic amines is 1. The van der Waals surface area contributed by atoms with Crippen molar-refractivity contribution in [3.05, 3.63) is 49.9 Å². The van der Waals surface area contributed by atoms with E-state index >= 15 is 0 Å². The molecule has 0 radical (unpaired) electrons. The van der Waals surface area contributed by atoms with E-state index in [1.54, 1.807) is 32.0 Å². The van der Waals surface area contributed by atoms with Gasteiger partial charge < -0.3 is 10.0 Å². The Morgan fingerprint density at radius 1 is 1.30 bits per heavy atom. The van der Waals surface area contributed by atoms with Gasteiger partial charge in [-0.1, -0.05) is 23.2 Å². The minimum atomic E-state index is -0.774. The lowest BCUT2D eigenvalue weighted by Gasteiger charge is -2.31. The maximum atomic E-state index is 12.9. The van der Waals surface area contributed by atoms with Crippen molar-refractivity contribution in [2.24, 2.45) is 11.0 Å². The van der Waals surface area contributed by atoms with E-state index < -0.39 is 5.97 Å². The standard InChI is InChI=1S/C19H21Cl2N5O3S/c1-10(22-23-19(30)25-7-5-12(6-8-25)18(28)29)16-11(2)24-26(17(16)27)13-3-4-14(20)15(21)9-13/h3-4,9,12,24H,5-8H2,1-2H3,(H,23,30)(H,28,29)/b22-10+. The number of aryl methyl sites for hydroxylation is 1. The minimum absolute atomic E-state index is 0.276. The highest BCUT2D eigenvalue weighted by atomic mass is 35.5. The van der Waals surface area contributed by atoms with E-state index in [1.807, 2.05) is 4.90 Å². The van der Waals surface area contributed by atoms with E-state index in [1.165, 1.54) is 4.68 Å². The highest BCUT2D eigenvalue weighted by molar-refractivity contribution is 7.80. The van der Waals surface area contributed by atoms with Crippen LogP contribution in [-0.2, 0) is 4.79 Å². The van der Waals surface area contributed by atoms with Crippen molar-refractivity contribution < 1.29 is 9.90 Å². The van der Waals surface area contributed by atoms with Crippen molar-refractivity contribution in [1.82, 2.24) is 20.1 Å². The predicted molar refractivity (Wildman–Crippen MR) is 121 cm³/mol. The molecule has 0 saturated carbocycles. The fraction of sp³-hybridized carbons (Fsp3) is 0.368. The zero-order valence-electron chi connectivity index (χ0n) is 16.4. The van der Waals surface area contributed by atoms with Crippen molar-refractivity contribution in [3.63, 3.8) is 0 Å². The van der Waals surface area contributed by atoms with Crippen LogP contribution in [0.4, 0.5) is 0 Å². The molecule has 0 bridgehead atoms. The maximum absolute atomic E-state index is 12.9. The summed E-state index contributed by atoms with van der Waals surface area (Å²) >= 11 is 17.4. The number of benzene rings is 1. The number of halogens is 2. The monoisotopic (exact) mass is 469 g/mol. The number of piperidine rings is 1. The summed E-state index contributed by atoms with van der Waals surface area (Å²) in [6.45, 7) is 4.58. The van der Waals surface area contributed by atoms with Crippen molar-refractivity contribution in [1.29, 1.82) is 0 Å². The van der Waals surface area contributed by atoms with Crippen LogP contribution in [-0.4, -0.2) is 49.7 Å². The first-order chi connectivity index (χ1) is 14.2. The number of carbonyl (C=O) groups is 1. The van der Waals surface area contributed by atoms with Gasteiger partial charge in [-0.3, -0.25) is 20.1 Å². The quantitative estimate of drug-likeness (QED) is 0.361. The van der Waals surface area contributed by atoms with Crippen LogP contribution >= 0.6 is 35.4 Å². The topological polar surface area (TPSA) is 103 Å². The summed E-state index contributed by atoms with van der Waals surface area (Å²) in [5, 5.41) is 17.5. The van der Waals surface area contributed by atoms with Gasteiger partial charge in [0.05, 0.1) is 32.9 Å². The number of hydrazone groups is 1. The average molecular weight is 470 g/mol. The molecule has 11 heteroatoms. The lowest BCUT2D eigenvalue weighted by atomic mass is 9.97. The lowest BCUT2D eigenvalue weighted by molar-refractivity contribution is -0.143. The Balaban J connectivity index is 1.74. The van der Waals surface area contributed by atoms with Crippen molar-refractivity contribution in [2.45, 2.75) is 26.7 Å². The third kappa shape index (κ3) is 4.69. The molecule has 30 heavy (non-hydrogen) atoms. The first kappa shape index (κ1) is 22.3. The molecule has 0 amide bonds. The molecule has 3 N–H and O–H groups in total. The molecule has 1 fully saturated rings. The van der Waals surface area contributed by atoms with E-state index in [-0.39, 0.29) is 11.5 Å². The second kappa shape index (κ2) is 9.20. The van der Waals surface area contributed by atoms with Gasteiger partial charge in [0.15, 0.2) is 5.11 Å². The zero-order chi connectivity index (χ0) is 22.0. The van der Waals surface area contributed by atoms with Gasteiger partial charge in [0.25, 0.3) is 5.56 Å². The molecular formula is C19H21Cl2N5O3S. The molecule has 3 rings (SSSR count). The number of carboxylic acids is 1. The number of nitrogens with one attached hydrogen (secondary N) is 2. The van der Waals surface area contributed by atoms with Crippen LogP contribution in [0.25, 0.3) is 5.69 Å². The van der Waals surface area contributed by atoms with Gasteiger partial charge in [-0.25, -0.2) is 4.68 Å². The van der Waals surface area contributed by atoms with Gasteiger partial charge in [0.2, 0.25) is 0 Å². The van der Waals surface area contributed by atoms with E-state index in [0.29, 0.717) is 63.7 Å². The summed E-state index contributed by atoms with van der Waals surface area (Å²) in [7, 11) is 0. The van der Waals surface area contributed by atoms with E-state index in [4.69, 9.17) is 40.5 Å². The van der Waals surface area contributed by atoms with Gasteiger partial charge in [-0.2, -0.15) is 5.10 Å². The Labute approximate surface area is 188 Å². The summed E-state index contributed by atoms with van der Waals surface area (Å²) in [4.78, 5) is 25.9. The smallest absolute Gasteiger partial charge is 0.306 e. The van der Waals surface area contributed by atoms with Gasteiger partial charge >= 0.3 is 5.97 Å². The number of nitrogens with zero attached hydrogens (tertiary/aromatic N) is 3. The summed E-state index contributed by atoms with van der Waals surface area (Å²) in [5.41, 5.74) is 4.62. The molecule has 160 valence electrons. The normalized spacial score (nSPS) is 15.3. The van der Waals surface area contributed by atoms with E-state index in [0.717, 1.165) is 0 Å². The molecule has 0 atom stereocenters. The molecular weight excluding hydrogens is 449 g/mol. The molecule has 2 aromatic rings. The second-order valence-electron chi connectivity index (χ2n) is 7.06. The lowest BCUT2D eigenvalue weighted by Crippen LogP contribution is -2.44. The number of likely N-dealkylation sites (tertiary alicyclic amines) is 1. The van der Waals surface area contributed by atoms with Crippen LogP contribution in [0.3, 0.4) is 0 Å². The molecule has 1 saturated heterocycles. The van der Waals surface area contributed by atoms with Crippen molar-refractivity contribution in [3.8, 4) is 5.69 Å². The Morgan fingerprint density at radius 3 is 2.57 bits per heavy atom. The Bertz CT molecular complexity index is 1070. The minimum Gasteiger partial charge on any atom is -0.481 e. The van der Waals surface area contributed by atoms with E-state index in [2.05, 4.69) is 15.6 Å². The fourth-order valence-corrected chi connectivity index (χ4v) is 3.89. The van der Waals surface area contributed by atoms with Gasteiger partial charge in [0.1, 0.15) is 0 Å². The number of hydrogen-bond acceptors (Lipinski definition) is 4. The second-order valence-corrected chi connectivity index (χ2v) is 8.27. The SMILES string of the molecule is C/C(=N\NC(=S)N1CCC(C(=O)O)CC1)c1c(C)[nH]n(-c2ccc(Cl)c(Cl)c2)c1=O. The first-order valence-electron chi connectivity index (χ1n) is 9.28. The Kier molecular flexibility index (Phi) is 6.84. The molecule has 8 nitrogen and oxygen atoms in total. The third-order valence-corrected chi connectivity index (χ3v) is 6.13. The molecule has 2 heterocycles. The Morgan fingerprint density at radius 2 is 1.97 bits per heavy atom. The van der Waals surface area contributed by atoms with E-state index in [9.17, 15) is 9.59 Å². The van der Waals surface area contributed by atoms with Crippen LogP contribution in [0, 0.1) is 12.8 Å². The van der Waals surface area contributed by atoms with Gasteiger partial charge in [-0.05, 0) is 57.1 Å². The fourth-order valence-electron chi connectivity index (χ4n) is 3.37.